The van der Waals surface area contributed by atoms with Gasteiger partial charge in [-0.2, -0.15) is 0 Å². The first-order valence-electron chi connectivity index (χ1n) is 6.02. The largest absolute Gasteiger partial charge is 0.480 e. The summed E-state index contributed by atoms with van der Waals surface area (Å²) in [5.74, 6) is -3.08. The van der Waals surface area contributed by atoms with Gasteiger partial charge >= 0.3 is 5.97 Å². The average Bonchev–Trinajstić information content (AvgIpc) is 2.33. The summed E-state index contributed by atoms with van der Waals surface area (Å²) in [6.07, 6.45) is -0.184. The van der Waals surface area contributed by atoms with E-state index in [1.165, 1.54) is 13.8 Å². The zero-order valence-corrected chi connectivity index (χ0v) is 11.4. The van der Waals surface area contributed by atoms with E-state index in [1.807, 2.05) is 0 Å². The second-order valence-corrected chi connectivity index (χ2v) is 4.42. The number of carbonyl (C=O) groups excluding carboxylic acids is 3. The third-order valence-electron chi connectivity index (χ3n) is 2.48. The third kappa shape index (κ3) is 6.69. The fourth-order valence-electron chi connectivity index (χ4n) is 1.24. The van der Waals surface area contributed by atoms with Crippen molar-refractivity contribution in [2.75, 3.05) is 0 Å². The van der Waals surface area contributed by atoms with Crippen LogP contribution in [0.1, 0.15) is 26.7 Å². The van der Waals surface area contributed by atoms with E-state index in [9.17, 15) is 19.2 Å². The smallest absolute Gasteiger partial charge is 0.325 e. The summed E-state index contributed by atoms with van der Waals surface area (Å²) in [5.41, 5.74) is 10.4. The number of carboxylic acid groups (broad SMARTS) is 1. The molecule has 20 heavy (non-hydrogen) atoms. The zero-order valence-electron chi connectivity index (χ0n) is 11.4. The quantitative estimate of drug-likeness (QED) is 0.336. The van der Waals surface area contributed by atoms with Crippen LogP contribution in [0.5, 0.6) is 0 Å². The number of carbonyl (C=O) groups is 4. The number of primary amides is 1. The number of nitrogens with two attached hydrogens (primary N) is 2. The molecule has 9 nitrogen and oxygen atoms in total. The number of rotatable bonds is 8. The van der Waals surface area contributed by atoms with Gasteiger partial charge in [-0.1, -0.05) is 0 Å². The zero-order chi connectivity index (χ0) is 15.9. The van der Waals surface area contributed by atoms with Gasteiger partial charge in [-0.3, -0.25) is 19.2 Å². The molecule has 0 fully saturated rings. The summed E-state index contributed by atoms with van der Waals surface area (Å²) in [6.45, 7) is 2.75. The molecule has 0 aliphatic rings. The van der Waals surface area contributed by atoms with Gasteiger partial charge in [-0.25, -0.2) is 0 Å². The van der Waals surface area contributed by atoms with Crippen molar-refractivity contribution in [2.45, 2.75) is 44.8 Å². The summed E-state index contributed by atoms with van der Waals surface area (Å²) in [5, 5.41) is 13.2. The van der Waals surface area contributed by atoms with E-state index >= 15 is 0 Å². The Morgan fingerprint density at radius 1 is 1.15 bits per heavy atom. The summed E-state index contributed by atoms with van der Waals surface area (Å²) >= 11 is 0. The summed E-state index contributed by atoms with van der Waals surface area (Å²) in [7, 11) is 0. The van der Waals surface area contributed by atoms with Gasteiger partial charge < -0.3 is 27.2 Å². The lowest BCUT2D eigenvalue weighted by Gasteiger charge is -2.17. The fraction of sp³-hybridized carbons (Fsp3) is 0.636. The van der Waals surface area contributed by atoms with Gasteiger partial charge in [-0.15, -0.1) is 0 Å². The first kappa shape index (κ1) is 17.8. The van der Waals surface area contributed by atoms with Crippen LogP contribution in [0.25, 0.3) is 0 Å². The Labute approximate surface area is 116 Å². The van der Waals surface area contributed by atoms with E-state index in [1.54, 1.807) is 0 Å². The van der Waals surface area contributed by atoms with Crippen molar-refractivity contribution in [2.24, 2.45) is 11.5 Å². The van der Waals surface area contributed by atoms with Crippen molar-refractivity contribution < 1.29 is 24.3 Å². The maximum absolute atomic E-state index is 11.4. The van der Waals surface area contributed by atoms with Crippen LogP contribution in [0.2, 0.25) is 0 Å². The van der Waals surface area contributed by atoms with Crippen LogP contribution in [0.3, 0.4) is 0 Å². The Hall–Kier alpha value is -2.16. The Morgan fingerprint density at radius 2 is 1.70 bits per heavy atom. The first-order valence-corrected chi connectivity index (χ1v) is 6.02. The lowest BCUT2D eigenvalue weighted by atomic mass is 10.1. The Bertz CT molecular complexity index is 396. The molecular weight excluding hydrogens is 268 g/mol. The molecule has 7 N–H and O–H groups in total. The maximum atomic E-state index is 11.4. The molecule has 114 valence electrons. The highest BCUT2D eigenvalue weighted by atomic mass is 16.4. The SMILES string of the molecule is C[C@H](N)C(=O)N[C@H](CCC(=O)N[C@@H](C)C(=O)O)C(N)=O. The molecule has 0 saturated heterocycles. The lowest BCUT2D eigenvalue weighted by molar-refractivity contribution is -0.141. The van der Waals surface area contributed by atoms with Gasteiger partial charge in [0.25, 0.3) is 0 Å². The Kier molecular flexibility index (Phi) is 7.22. The third-order valence-corrected chi connectivity index (χ3v) is 2.48. The van der Waals surface area contributed by atoms with Crippen molar-refractivity contribution in [3.63, 3.8) is 0 Å². The number of hydrogen-bond acceptors (Lipinski definition) is 5. The number of amides is 3. The molecule has 0 rings (SSSR count). The summed E-state index contributed by atoms with van der Waals surface area (Å²) in [4.78, 5) is 44.5. The van der Waals surface area contributed by atoms with Crippen molar-refractivity contribution in [3.05, 3.63) is 0 Å². The number of aliphatic carboxylic acids is 1. The van der Waals surface area contributed by atoms with Gasteiger partial charge in [-0.05, 0) is 20.3 Å². The highest BCUT2D eigenvalue weighted by Crippen LogP contribution is 1.99. The molecule has 0 aliphatic heterocycles. The van der Waals surface area contributed by atoms with Crippen LogP contribution in [0, 0.1) is 0 Å². The molecule has 0 aliphatic carbocycles. The maximum Gasteiger partial charge on any atom is 0.325 e. The van der Waals surface area contributed by atoms with E-state index < -0.39 is 41.8 Å². The molecule has 0 aromatic rings. The molecule has 0 aromatic carbocycles. The molecule has 3 atom stereocenters. The van der Waals surface area contributed by atoms with E-state index in [2.05, 4.69) is 10.6 Å². The van der Waals surface area contributed by atoms with E-state index in [0.717, 1.165) is 0 Å². The van der Waals surface area contributed by atoms with Gasteiger partial charge in [0.2, 0.25) is 17.7 Å². The first-order chi connectivity index (χ1) is 9.15. The van der Waals surface area contributed by atoms with Gasteiger partial charge in [0.05, 0.1) is 6.04 Å². The topological polar surface area (TPSA) is 165 Å². The van der Waals surface area contributed by atoms with E-state index in [-0.39, 0.29) is 12.8 Å². The molecular formula is C11H20N4O5. The highest BCUT2D eigenvalue weighted by Gasteiger charge is 2.21. The predicted octanol–water partition coefficient (Wildman–Crippen LogP) is -2.33. The highest BCUT2D eigenvalue weighted by molar-refractivity contribution is 5.89. The van der Waals surface area contributed by atoms with Crippen molar-refractivity contribution in [3.8, 4) is 0 Å². The van der Waals surface area contributed by atoms with Crippen LogP contribution in [-0.4, -0.2) is 46.9 Å². The summed E-state index contributed by atoms with van der Waals surface area (Å²) in [6, 6.07) is -2.87. The predicted molar refractivity (Wildman–Crippen MR) is 69.2 cm³/mol. The molecule has 0 aromatic heterocycles. The standard InChI is InChI=1S/C11H20N4O5/c1-5(12)10(18)15-7(9(13)17)3-4-8(16)14-6(2)11(19)20/h5-7H,3-4,12H2,1-2H3,(H2,13,17)(H,14,16)(H,15,18)(H,19,20)/t5-,6-,7+/m0/s1. The second kappa shape index (κ2) is 8.10. The molecule has 3 amide bonds. The van der Waals surface area contributed by atoms with Crippen molar-refractivity contribution in [1.29, 1.82) is 0 Å². The Balaban J connectivity index is 4.35. The molecule has 9 heteroatoms. The normalized spacial score (nSPS) is 14.8. The van der Waals surface area contributed by atoms with Gasteiger partial charge in [0.1, 0.15) is 12.1 Å². The second-order valence-electron chi connectivity index (χ2n) is 4.42. The molecule has 0 bridgehead atoms. The molecule has 0 heterocycles. The minimum atomic E-state index is -1.17. The molecule has 0 spiro atoms. The average molecular weight is 288 g/mol. The minimum Gasteiger partial charge on any atom is -0.480 e. The molecule has 0 saturated carbocycles. The lowest BCUT2D eigenvalue weighted by Crippen LogP contribution is -2.50. The summed E-state index contributed by atoms with van der Waals surface area (Å²) < 4.78 is 0. The van der Waals surface area contributed by atoms with Gasteiger partial charge in [0, 0.05) is 6.42 Å². The molecule has 0 unspecified atom stereocenters. The number of hydrogen-bond donors (Lipinski definition) is 5. The van der Waals surface area contributed by atoms with Crippen LogP contribution < -0.4 is 22.1 Å². The fourth-order valence-corrected chi connectivity index (χ4v) is 1.24. The Morgan fingerprint density at radius 3 is 2.10 bits per heavy atom. The van der Waals surface area contributed by atoms with Crippen LogP contribution in [-0.2, 0) is 19.2 Å². The van der Waals surface area contributed by atoms with Crippen LogP contribution in [0.15, 0.2) is 0 Å². The minimum absolute atomic E-state index is 0.0357. The van der Waals surface area contributed by atoms with Crippen LogP contribution >= 0.6 is 0 Å². The number of nitrogens with one attached hydrogen (secondary N) is 2. The monoisotopic (exact) mass is 288 g/mol. The van der Waals surface area contributed by atoms with Crippen molar-refractivity contribution in [1.82, 2.24) is 10.6 Å². The number of carboxylic acids is 1. The molecule has 0 radical (unpaired) electrons. The van der Waals surface area contributed by atoms with Gasteiger partial charge in [0.15, 0.2) is 0 Å². The van der Waals surface area contributed by atoms with Crippen LogP contribution in [0.4, 0.5) is 0 Å². The van der Waals surface area contributed by atoms with E-state index in [0.29, 0.717) is 0 Å². The van der Waals surface area contributed by atoms with Crippen molar-refractivity contribution >= 4 is 23.7 Å². The van der Waals surface area contributed by atoms with E-state index in [4.69, 9.17) is 16.6 Å².